The van der Waals surface area contributed by atoms with Crippen molar-refractivity contribution in [3.8, 4) is 6.07 Å². The molecule has 1 amide bonds. The fourth-order valence-electron chi connectivity index (χ4n) is 1.88. The molecule has 2 rings (SSSR count). The van der Waals surface area contributed by atoms with E-state index in [1.165, 1.54) is 23.9 Å². The number of halogens is 1. The van der Waals surface area contributed by atoms with Crippen LogP contribution in [0.2, 0.25) is 0 Å². The van der Waals surface area contributed by atoms with Crippen LogP contribution in [0.1, 0.15) is 12.0 Å². The molecule has 2 aromatic rings. The lowest BCUT2D eigenvalue weighted by Crippen LogP contribution is -2.21. The molecule has 0 aliphatic rings. The molecule has 0 saturated heterocycles. The number of hydrogen-bond acceptors (Lipinski definition) is 5. The molecule has 2 aromatic carbocycles. The second-order valence-corrected chi connectivity index (χ2v) is 6.09. The van der Waals surface area contributed by atoms with E-state index in [0.29, 0.717) is 17.0 Å². The average molecular weight is 358 g/mol. The lowest BCUT2D eigenvalue weighted by molar-refractivity contribution is -0.146. The van der Waals surface area contributed by atoms with Crippen LogP contribution in [0.4, 0.5) is 10.1 Å². The summed E-state index contributed by atoms with van der Waals surface area (Å²) in [6, 6.07) is 14.5. The summed E-state index contributed by atoms with van der Waals surface area (Å²) in [6.07, 6.45) is 0.129. The number of nitrogens with zero attached hydrogens (tertiary/aromatic N) is 1. The van der Waals surface area contributed by atoms with E-state index in [1.54, 1.807) is 36.4 Å². The van der Waals surface area contributed by atoms with E-state index in [2.05, 4.69) is 5.32 Å². The maximum atomic E-state index is 12.8. The lowest BCUT2D eigenvalue weighted by atomic mass is 10.2. The molecular weight excluding hydrogens is 343 g/mol. The zero-order valence-corrected chi connectivity index (χ0v) is 14.0. The molecule has 0 heterocycles. The Balaban J connectivity index is 1.70. The SMILES string of the molecule is N#Cc1ccccc1NC(=O)COC(=O)CCSc1ccc(F)cc1. The highest BCUT2D eigenvalue weighted by Gasteiger charge is 2.10. The highest BCUT2D eigenvalue weighted by molar-refractivity contribution is 7.99. The number of para-hydroxylation sites is 1. The zero-order chi connectivity index (χ0) is 18.1. The summed E-state index contributed by atoms with van der Waals surface area (Å²) in [5.41, 5.74) is 0.704. The third kappa shape index (κ3) is 6.28. The number of rotatable bonds is 7. The van der Waals surface area contributed by atoms with Crippen molar-refractivity contribution in [1.29, 1.82) is 5.26 Å². The first-order valence-corrected chi connectivity index (χ1v) is 8.40. The molecule has 0 saturated carbocycles. The normalized spacial score (nSPS) is 9.92. The number of carbonyl (C=O) groups excluding carboxylic acids is 2. The first-order valence-electron chi connectivity index (χ1n) is 7.41. The molecule has 0 aliphatic heterocycles. The van der Waals surface area contributed by atoms with Gasteiger partial charge in [0.05, 0.1) is 17.7 Å². The van der Waals surface area contributed by atoms with Gasteiger partial charge >= 0.3 is 5.97 Å². The number of amides is 1. The Morgan fingerprint density at radius 1 is 1.16 bits per heavy atom. The largest absolute Gasteiger partial charge is 0.456 e. The second kappa shape index (κ2) is 9.45. The van der Waals surface area contributed by atoms with Gasteiger partial charge in [0.1, 0.15) is 11.9 Å². The third-order valence-electron chi connectivity index (χ3n) is 3.07. The van der Waals surface area contributed by atoms with Gasteiger partial charge in [-0.3, -0.25) is 9.59 Å². The van der Waals surface area contributed by atoms with Crippen LogP contribution in [0.25, 0.3) is 0 Å². The Hall–Kier alpha value is -2.85. The molecule has 7 heteroatoms. The lowest BCUT2D eigenvalue weighted by Gasteiger charge is -2.07. The number of anilines is 1. The summed E-state index contributed by atoms with van der Waals surface area (Å²) in [5, 5.41) is 11.5. The van der Waals surface area contributed by atoms with Crippen LogP contribution < -0.4 is 5.32 Å². The summed E-state index contributed by atoms with van der Waals surface area (Å²) >= 11 is 1.40. The first kappa shape index (κ1) is 18.5. The van der Waals surface area contributed by atoms with Gasteiger partial charge in [-0.2, -0.15) is 5.26 Å². The quantitative estimate of drug-likeness (QED) is 0.606. The summed E-state index contributed by atoms with van der Waals surface area (Å²) in [6.45, 7) is -0.417. The average Bonchev–Trinajstić information content (AvgIpc) is 2.62. The van der Waals surface area contributed by atoms with Gasteiger partial charge in [-0.1, -0.05) is 12.1 Å². The predicted octanol–water partition coefficient (Wildman–Crippen LogP) is 3.36. The third-order valence-corrected chi connectivity index (χ3v) is 4.09. The highest BCUT2D eigenvalue weighted by atomic mass is 32.2. The molecule has 0 aromatic heterocycles. The van der Waals surface area contributed by atoms with Crippen LogP contribution in [-0.4, -0.2) is 24.2 Å². The monoisotopic (exact) mass is 358 g/mol. The minimum absolute atomic E-state index is 0.129. The molecule has 0 unspecified atom stereocenters. The molecular formula is C18H15FN2O3S. The number of nitrogens with one attached hydrogen (secondary N) is 1. The van der Waals surface area contributed by atoms with Crippen molar-refractivity contribution in [2.75, 3.05) is 17.7 Å². The molecule has 25 heavy (non-hydrogen) atoms. The highest BCUT2D eigenvalue weighted by Crippen LogP contribution is 2.19. The minimum atomic E-state index is -0.512. The van der Waals surface area contributed by atoms with E-state index >= 15 is 0 Å². The van der Waals surface area contributed by atoms with Gasteiger partial charge in [0.2, 0.25) is 0 Å². The number of carbonyl (C=O) groups is 2. The number of nitriles is 1. The maximum Gasteiger partial charge on any atom is 0.307 e. The maximum absolute atomic E-state index is 12.8. The topological polar surface area (TPSA) is 79.2 Å². The standard InChI is InChI=1S/C18H15FN2O3S/c19-14-5-7-15(8-6-14)25-10-9-18(23)24-12-17(22)21-16-4-2-1-3-13(16)11-20/h1-8H,9-10,12H2,(H,21,22). The van der Waals surface area contributed by atoms with E-state index in [4.69, 9.17) is 10.00 Å². The van der Waals surface area contributed by atoms with Gasteiger partial charge in [-0.15, -0.1) is 11.8 Å². The summed E-state index contributed by atoms with van der Waals surface area (Å²) in [5.74, 6) is -0.864. The van der Waals surface area contributed by atoms with Gasteiger partial charge < -0.3 is 10.1 Å². The van der Waals surface area contributed by atoms with Crippen molar-refractivity contribution < 1.29 is 18.7 Å². The van der Waals surface area contributed by atoms with Gasteiger partial charge in [0.15, 0.2) is 6.61 Å². The first-order chi connectivity index (χ1) is 12.1. The van der Waals surface area contributed by atoms with E-state index in [0.717, 1.165) is 4.90 Å². The Kier molecular flexibility index (Phi) is 6.99. The van der Waals surface area contributed by atoms with Crippen molar-refractivity contribution in [2.45, 2.75) is 11.3 Å². The van der Waals surface area contributed by atoms with Gasteiger partial charge in [0.25, 0.3) is 5.91 Å². The Morgan fingerprint density at radius 2 is 1.88 bits per heavy atom. The van der Waals surface area contributed by atoms with Gasteiger partial charge in [-0.25, -0.2) is 4.39 Å². The molecule has 0 bridgehead atoms. The fourth-order valence-corrected chi connectivity index (χ4v) is 2.71. The molecule has 0 spiro atoms. The van der Waals surface area contributed by atoms with Gasteiger partial charge in [0, 0.05) is 10.6 Å². The fraction of sp³-hybridized carbons (Fsp3) is 0.167. The summed E-state index contributed by atoms with van der Waals surface area (Å²) in [4.78, 5) is 24.3. The van der Waals surface area contributed by atoms with E-state index in [9.17, 15) is 14.0 Å². The number of benzene rings is 2. The molecule has 0 aliphatic carbocycles. The number of thioether (sulfide) groups is 1. The van der Waals surface area contributed by atoms with Crippen LogP contribution in [0.15, 0.2) is 53.4 Å². The predicted molar refractivity (Wildman–Crippen MR) is 92.5 cm³/mol. The molecule has 0 atom stereocenters. The molecule has 0 fully saturated rings. The van der Waals surface area contributed by atoms with Gasteiger partial charge in [-0.05, 0) is 36.4 Å². The van der Waals surface area contributed by atoms with Crippen molar-refractivity contribution in [3.63, 3.8) is 0 Å². The Bertz CT molecular complexity index is 788. The van der Waals surface area contributed by atoms with E-state index in [-0.39, 0.29) is 12.2 Å². The molecule has 1 N–H and O–H groups in total. The van der Waals surface area contributed by atoms with E-state index in [1.807, 2.05) is 6.07 Å². The van der Waals surface area contributed by atoms with Crippen LogP contribution in [0.5, 0.6) is 0 Å². The smallest absolute Gasteiger partial charge is 0.307 e. The second-order valence-electron chi connectivity index (χ2n) is 4.92. The van der Waals surface area contributed by atoms with Crippen molar-refractivity contribution in [3.05, 3.63) is 59.9 Å². The van der Waals surface area contributed by atoms with Crippen molar-refractivity contribution in [2.24, 2.45) is 0 Å². The number of esters is 1. The number of ether oxygens (including phenoxy) is 1. The van der Waals surface area contributed by atoms with Crippen LogP contribution in [-0.2, 0) is 14.3 Å². The van der Waals surface area contributed by atoms with E-state index < -0.39 is 18.5 Å². The molecule has 5 nitrogen and oxygen atoms in total. The Labute approximate surface area is 148 Å². The molecule has 0 radical (unpaired) electrons. The summed E-state index contributed by atoms with van der Waals surface area (Å²) < 4.78 is 17.7. The minimum Gasteiger partial charge on any atom is -0.456 e. The van der Waals surface area contributed by atoms with Crippen LogP contribution >= 0.6 is 11.8 Å². The van der Waals surface area contributed by atoms with Crippen LogP contribution in [0, 0.1) is 17.1 Å². The summed E-state index contributed by atoms with van der Waals surface area (Å²) in [7, 11) is 0. The molecule has 128 valence electrons. The van der Waals surface area contributed by atoms with Crippen molar-refractivity contribution >= 4 is 29.3 Å². The Morgan fingerprint density at radius 3 is 2.60 bits per heavy atom. The van der Waals surface area contributed by atoms with Crippen LogP contribution in [0.3, 0.4) is 0 Å². The zero-order valence-electron chi connectivity index (χ0n) is 13.2. The number of hydrogen-bond donors (Lipinski definition) is 1. The van der Waals surface area contributed by atoms with Crippen molar-refractivity contribution in [1.82, 2.24) is 0 Å².